The average molecular weight is 352 g/mol. The summed E-state index contributed by atoms with van der Waals surface area (Å²) in [5.41, 5.74) is 2.95. The Bertz CT molecular complexity index is 786. The van der Waals surface area contributed by atoms with E-state index in [9.17, 15) is 9.59 Å². The number of carbonyl (C=O) groups excluding carboxylic acids is 2. The second-order valence-corrected chi connectivity index (χ2v) is 6.51. The number of hydrogen-bond donors (Lipinski definition) is 1. The highest BCUT2D eigenvalue weighted by atomic mass is 16.5. The quantitative estimate of drug-likeness (QED) is 0.870. The summed E-state index contributed by atoms with van der Waals surface area (Å²) in [5.74, 6) is 0.712. The molecule has 5 heteroatoms. The Morgan fingerprint density at radius 2 is 1.92 bits per heavy atom. The molecular weight excluding hydrogens is 328 g/mol. The van der Waals surface area contributed by atoms with Gasteiger partial charge in [0.15, 0.2) is 0 Å². The number of ether oxygens (including phenoxy) is 1. The van der Waals surface area contributed by atoms with Gasteiger partial charge in [0.05, 0.1) is 7.11 Å². The number of amides is 2. The molecule has 2 amide bonds. The molecule has 2 aromatic carbocycles. The van der Waals surface area contributed by atoms with Crippen molar-refractivity contribution in [2.24, 2.45) is 0 Å². The Morgan fingerprint density at radius 3 is 2.65 bits per heavy atom. The molecule has 0 aliphatic carbocycles. The number of carbonyl (C=O) groups is 2. The van der Waals surface area contributed by atoms with Crippen molar-refractivity contribution in [3.8, 4) is 5.75 Å². The van der Waals surface area contributed by atoms with Crippen LogP contribution in [0.2, 0.25) is 0 Å². The molecule has 0 spiro atoms. The van der Waals surface area contributed by atoms with E-state index in [0.29, 0.717) is 25.8 Å². The summed E-state index contributed by atoms with van der Waals surface area (Å²) < 4.78 is 5.34. The number of benzene rings is 2. The topological polar surface area (TPSA) is 58.6 Å². The normalized spacial score (nSPS) is 16.6. The summed E-state index contributed by atoms with van der Waals surface area (Å²) in [6, 6.07) is 15.0. The van der Waals surface area contributed by atoms with Crippen LogP contribution in [0.4, 0.5) is 5.69 Å². The molecule has 1 saturated heterocycles. The van der Waals surface area contributed by atoms with Gasteiger partial charge in [-0.25, -0.2) is 0 Å². The Morgan fingerprint density at radius 1 is 1.19 bits per heavy atom. The molecule has 5 nitrogen and oxygen atoms in total. The van der Waals surface area contributed by atoms with Crippen LogP contribution in [0.25, 0.3) is 0 Å². The van der Waals surface area contributed by atoms with Crippen molar-refractivity contribution in [2.75, 3.05) is 18.6 Å². The average Bonchev–Trinajstić information content (AvgIpc) is 3.04. The molecule has 1 aliphatic rings. The van der Waals surface area contributed by atoms with Gasteiger partial charge in [0.1, 0.15) is 11.8 Å². The van der Waals surface area contributed by atoms with Gasteiger partial charge in [-0.3, -0.25) is 14.5 Å². The maximum absolute atomic E-state index is 12.6. The van der Waals surface area contributed by atoms with Gasteiger partial charge in [-0.15, -0.1) is 0 Å². The van der Waals surface area contributed by atoms with Crippen LogP contribution in [0.1, 0.15) is 24.0 Å². The van der Waals surface area contributed by atoms with Gasteiger partial charge in [0.2, 0.25) is 11.8 Å². The maximum Gasteiger partial charge on any atom is 0.243 e. The SMILES string of the molecule is COc1ccccc1CCNC(=O)C1CCC(=O)N1c1ccc(C)cc1. The van der Waals surface area contributed by atoms with Crippen LogP contribution in [0, 0.1) is 6.92 Å². The molecule has 0 aromatic heterocycles. The van der Waals surface area contributed by atoms with Crippen LogP contribution in [0.3, 0.4) is 0 Å². The van der Waals surface area contributed by atoms with E-state index in [1.165, 1.54) is 0 Å². The highest BCUT2D eigenvalue weighted by Crippen LogP contribution is 2.27. The van der Waals surface area contributed by atoms with Gasteiger partial charge in [0, 0.05) is 18.7 Å². The number of nitrogens with zero attached hydrogens (tertiary/aromatic N) is 1. The van der Waals surface area contributed by atoms with Crippen LogP contribution < -0.4 is 15.0 Å². The van der Waals surface area contributed by atoms with Crippen molar-refractivity contribution < 1.29 is 14.3 Å². The molecule has 1 N–H and O–H groups in total. The molecule has 1 atom stereocenters. The third-order valence-corrected chi connectivity index (χ3v) is 4.71. The fourth-order valence-corrected chi connectivity index (χ4v) is 3.31. The zero-order valence-electron chi connectivity index (χ0n) is 15.2. The summed E-state index contributed by atoms with van der Waals surface area (Å²) in [4.78, 5) is 26.6. The second-order valence-electron chi connectivity index (χ2n) is 6.51. The zero-order chi connectivity index (χ0) is 18.5. The molecule has 0 saturated carbocycles. The smallest absolute Gasteiger partial charge is 0.243 e. The van der Waals surface area contributed by atoms with Gasteiger partial charge in [-0.1, -0.05) is 35.9 Å². The summed E-state index contributed by atoms with van der Waals surface area (Å²) in [6.07, 6.45) is 1.63. The number of hydrogen-bond acceptors (Lipinski definition) is 3. The van der Waals surface area contributed by atoms with Crippen molar-refractivity contribution in [1.82, 2.24) is 5.32 Å². The molecule has 2 aromatic rings. The Balaban J connectivity index is 1.63. The first-order valence-corrected chi connectivity index (χ1v) is 8.88. The van der Waals surface area contributed by atoms with Gasteiger partial charge in [-0.05, 0) is 43.5 Å². The molecule has 3 rings (SSSR count). The number of rotatable bonds is 6. The highest BCUT2D eigenvalue weighted by molar-refractivity contribution is 6.03. The highest BCUT2D eigenvalue weighted by Gasteiger charge is 2.36. The maximum atomic E-state index is 12.6. The molecule has 0 radical (unpaired) electrons. The lowest BCUT2D eigenvalue weighted by atomic mass is 10.1. The largest absolute Gasteiger partial charge is 0.496 e. The van der Waals surface area contributed by atoms with Crippen molar-refractivity contribution in [1.29, 1.82) is 0 Å². The molecular formula is C21H24N2O3. The molecule has 1 heterocycles. The van der Waals surface area contributed by atoms with Crippen LogP contribution >= 0.6 is 0 Å². The Kier molecular flexibility index (Phi) is 5.56. The van der Waals surface area contributed by atoms with Crippen LogP contribution in [-0.2, 0) is 16.0 Å². The van der Waals surface area contributed by atoms with E-state index in [4.69, 9.17) is 4.74 Å². The molecule has 26 heavy (non-hydrogen) atoms. The van der Waals surface area contributed by atoms with Gasteiger partial charge >= 0.3 is 0 Å². The Labute approximate surface area is 154 Å². The third kappa shape index (κ3) is 3.87. The number of methoxy groups -OCH3 is 1. The summed E-state index contributed by atoms with van der Waals surface area (Å²) in [6.45, 7) is 2.50. The number of anilines is 1. The monoisotopic (exact) mass is 352 g/mol. The van der Waals surface area contributed by atoms with Crippen molar-refractivity contribution in [3.63, 3.8) is 0 Å². The van der Waals surface area contributed by atoms with E-state index in [1.807, 2.05) is 55.5 Å². The minimum atomic E-state index is -0.442. The third-order valence-electron chi connectivity index (χ3n) is 4.71. The lowest BCUT2D eigenvalue weighted by Gasteiger charge is -2.24. The predicted octanol–water partition coefficient (Wildman–Crippen LogP) is 2.86. The van der Waals surface area contributed by atoms with E-state index >= 15 is 0 Å². The molecule has 1 fully saturated rings. The standard InChI is InChI=1S/C21H24N2O3/c1-15-7-9-17(10-8-15)23-18(11-12-20(23)24)21(25)22-14-13-16-5-3-4-6-19(16)26-2/h3-10,18H,11-14H2,1-2H3,(H,22,25). The first-order chi connectivity index (χ1) is 12.6. The molecule has 1 unspecified atom stereocenters. The fraction of sp³-hybridized carbons (Fsp3) is 0.333. The van der Waals surface area contributed by atoms with Crippen LogP contribution in [0.5, 0.6) is 5.75 Å². The minimum absolute atomic E-state index is 0.00117. The van der Waals surface area contributed by atoms with Gasteiger partial charge in [0.25, 0.3) is 0 Å². The fourth-order valence-electron chi connectivity index (χ4n) is 3.31. The summed E-state index contributed by atoms with van der Waals surface area (Å²) in [5, 5.41) is 2.97. The zero-order valence-corrected chi connectivity index (χ0v) is 15.2. The summed E-state index contributed by atoms with van der Waals surface area (Å²) in [7, 11) is 1.64. The number of para-hydroxylation sites is 1. The van der Waals surface area contributed by atoms with E-state index in [0.717, 1.165) is 22.6 Å². The predicted molar refractivity (Wildman–Crippen MR) is 101 cm³/mol. The number of aryl methyl sites for hydroxylation is 1. The van der Waals surface area contributed by atoms with E-state index in [-0.39, 0.29) is 11.8 Å². The van der Waals surface area contributed by atoms with Crippen molar-refractivity contribution in [2.45, 2.75) is 32.2 Å². The molecule has 136 valence electrons. The lowest BCUT2D eigenvalue weighted by Crippen LogP contribution is -2.45. The van der Waals surface area contributed by atoms with Crippen molar-refractivity contribution >= 4 is 17.5 Å². The van der Waals surface area contributed by atoms with Crippen LogP contribution in [-0.4, -0.2) is 31.5 Å². The number of nitrogens with one attached hydrogen (secondary N) is 1. The van der Waals surface area contributed by atoms with Gasteiger partial charge < -0.3 is 10.1 Å². The second kappa shape index (κ2) is 8.04. The Hall–Kier alpha value is -2.82. The lowest BCUT2D eigenvalue weighted by molar-refractivity contribution is -0.123. The van der Waals surface area contributed by atoms with E-state index in [1.54, 1.807) is 12.0 Å². The van der Waals surface area contributed by atoms with E-state index < -0.39 is 6.04 Å². The summed E-state index contributed by atoms with van der Waals surface area (Å²) >= 11 is 0. The first kappa shape index (κ1) is 18.0. The first-order valence-electron chi connectivity index (χ1n) is 8.88. The minimum Gasteiger partial charge on any atom is -0.496 e. The van der Waals surface area contributed by atoms with Crippen LogP contribution in [0.15, 0.2) is 48.5 Å². The molecule has 1 aliphatic heterocycles. The molecule has 0 bridgehead atoms. The van der Waals surface area contributed by atoms with Gasteiger partial charge in [-0.2, -0.15) is 0 Å². The van der Waals surface area contributed by atoms with E-state index in [2.05, 4.69) is 5.32 Å². The van der Waals surface area contributed by atoms with Crippen molar-refractivity contribution in [3.05, 3.63) is 59.7 Å².